The van der Waals surface area contributed by atoms with Crippen LogP contribution in [0.3, 0.4) is 0 Å². The quantitative estimate of drug-likeness (QED) is 0.817. The Hall–Kier alpha value is -1.26. The second-order valence-corrected chi connectivity index (χ2v) is 3.83. The number of nitrogens with one attached hydrogen (secondary N) is 1. The van der Waals surface area contributed by atoms with Crippen LogP contribution in [0.4, 0.5) is 0 Å². The van der Waals surface area contributed by atoms with Crippen molar-refractivity contribution >= 4 is 11.6 Å². The van der Waals surface area contributed by atoms with Crippen molar-refractivity contribution in [2.24, 2.45) is 0 Å². The summed E-state index contributed by atoms with van der Waals surface area (Å²) >= 11 is 5.68. The van der Waals surface area contributed by atoms with Crippen molar-refractivity contribution in [1.82, 2.24) is 10.3 Å². The van der Waals surface area contributed by atoms with Crippen molar-refractivity contribution in [1.29, 1.82) is 0 Å². The molecular formula is C11H13ClN2O2. The predicted molar refractivity (Wildman–Crippen MR) is 61.5 cm³/mol. The first kappa shape index (κ1) is 11.2. The van der Waals surface area contributed by atoms with Gasteiger partial charge in [-0.1, -0.05) is 0 Å². The summed E-state index contributed by atoms with van der Waals surface area (Å²) in [6.45, 7) is 0.967. The van der Waals surface area contributed by atoms with Crippen LogP contribution in [0, 0.1) is 0 Å². The van der Waals surface area contributed by atoms with Gasteiger partial charge in [0.05, 0.1) is 5.69 Å². The van der Waals surface area contributed by atoms with Gasteiger partial charge in [-0.25, -0.2) is 4.98 Å². The highest BCUT2D eigenvalue weighted by Gasteiger charge is 2.10. The Labute approximate surface area is 98.6 Å². The Morgan fingerprint density at radius 3 is 3.00 bits per heavy atom. The summed E-state index contributed by atoms with van der Waals surface area (Å²) in [5.41, 5.74) is 0.928. The van der Waals surface area contributed by atoms with Gasteiger partial charge in [0, 0.05) is 0 Å². The zero-order valence-corrected chi connectivity index (χ0v) is 9.75. The van der Waals surface area contributed by atoms with Crippen LogP contribution < -0.4 is 5.32 Å². The number of hydrogen-bond donors (Lipinski definition) is 1. The smallest absolute Gasteiger partial charge is 0.263 e. The molecule has 86 valence electrons. The maximum atomic E-state index is 5.68. The van der Waals surface area contributed by atoms with Crippen molar-refractivity contribution in [2.45, 2.75) is 12.8 Å². The summed E-state index contributed by atoms with van der Waals surface area (Å²) in [5.74, 6) is 1.04. The zero-order chi connectivity index (χ0) is 11.4. The molecule has 5 heteroatoms. The molecule has 0 aliphatic carbocycles. The molecule has 0 saturated heterocycles. The number of aryl methyl sites for hydroxylation is 1. The lowest BCUT2D eigenvalue weighted by Gasteiger charge is -1.94. The van der Waals surface area contributed by atoms with Crippen LogP contribution in [0.2, 0.25) is 5.22 Å². The fourth-order valence-electron chi connectivity index (χ4n) is 1.41. The Morgan fingerprint density at radius 2 is 2.31 bits per heavy atom. The predicted octanol–water partition coefficient (Wildman–Crippen LogP) is 2.74. The van der Waals surface area contributed by atoms with Gasteiger partial charge in [0.15, 0.2) is 11.0 Å². The highest BCUT2D eigenvalue weighted by molar-refractivity contribution is 6.28. The van der Waals surface area contributed by atoms with Gasteiger partial charge in [0.25, 0.3) is 5.89 Å². The van der Waals surface area contributed by atoms with Crippen LogP contribution in [0.5, 0.6) is 0 Å². The third kappa shape index (κ3) is 2.65. The first-order valence-corrected chi connectivity index (χ1v) is 5.52. The second kappa shape index (κ2) is 5.18. The number of halogens is 1. The molecule has 0 aliphatic heterocycles. The van der Waals surface area contributed by atoms with Gasteiger partial charge in [-0.15, -0.1) is 0 Å². The molecule has 0 radical (unpaired) electrons. The van der Waals surface area contributed by atoms with Crippen molar-refractivity contribution in [3.05, 3.63) is 29.3 Å². The Balaban J connectivity index is 2.02. The minimum Gasteiger partial charge on any atom is -0.442 e. The Kier molecular flexibility index (Phi) is 3.64. The number of aromatic nitrogens is 1. The first-order chi connectivity index (χ1) is 7.79. The summed E-state index contributed by atoms with van der Waals surface area (Å²) in [7, 11) is 1.93. The first-order valence-electron chi connectivity index (χ1n) is 5.14. The van der Waals surface area contributed by atoms with E-state index in [1.807, 2.05) is 7.05 Å². The lowest BCUT2D eigenvalue weighted by molar-refractivity contribution is 0.517. The molecule has 2 aromatic rings. The van der Waals surface area contributed by atoms with Crippen molar-refractivity contribution in [3.8, 4) is 11.7 Å². The molecule has 4 nitrogen and oxygen atoms in total. The molecule has 2 heterocycles. The summed E-state index contributed by atoms with van der Waals surface area (Å²) < 4.78 is 10.5. The van der Waals surface area contributed by atoms with Crippen LogP contribution in [0.25, 0.3) is 11.7 Å². The second-order valence-electron chi connectivity index (χ2n) is 3.45. The summed E-state index contributed by atoms with van der Waals surface area (Å²) in [6, 6.07) is 3.41. The molecule has 0 aliphatic rings. The van der Waals surface area contributed by atoms with E-state index in [0.717, 1.165) is 25.1 Å². The molecule has 0 amide bonds. The minimum atomic E-state index is 0.338. The lowest BCUT2D eigenvalue weighted by Crippen LogP contribution is -2.08. The molecule has 2 rings (SSSR count). The van der Waals surface area contributed by atoms with E-state index in [2.05, 4.69) is 10.3 Å². The monoisotopic (exact) mass is 240 g/mol. The normalized spacial score (nSPS) is 10.9. The van der Waals surface area contributed by atoms with Gasteiger partial charge in [0.2, 0.25) is 0 Å². The van der Waals surface area contributed by atoms with E-state index in [1.165, 1.54) is 0 Å². The third-order valence-corrected chi connectivity index (χ3v) is 2.40. The zero-order valence-electron chi connectivity index (χ0n) is 9.00. The van der Waals surface area contributed by atoms with E-state index < -0.39 is 0 Å². The third-order valence-electron chi connectivity index (χ3n) is 2.20. The molecule has 0 fully saturated rings. The number of hydrogen-bond acceptors (Lipinski definition) is 4. The van der Waals surface area contributed by atoms with E-state index >= 15 is 0 Å². The van der Waals surface area contributed by atoms with Gasteiger partial charge in [-0.3, -0.25) is 0 Å². The molecule has 0 saturated carbocycles. The maximum absolute atomic E-state index is 5.68. The van der Waals surface area contributed by atoms with Crippen LogP contribution in [0.1, 0.15) is 12.1 Å². The van der Waals surface area contributed by atoms with E-state index in [4.69, 9.17) is 20.4 Å². The summed E-state index contributed by atoms with van der Waals surface area (Å²) in [5, 5.41) is 3.42. The average Bonchev–Trinajstić information content (AvgIpc) is 2.87. The van der Waals surface area contributed by atoms with E-state index in [9.17, 15) is 0 Å². The highest BCUT2D eigenvalue weighted by Crippen LogP contribution is 2.24. The lowest BCUT2D eigenvalue weighted by atomic mass is 10.2. The molecule has 0 aromatic carbocycles. The molecule has 1 N–H and O–H groups in total. The van der Waals surface area contributed by atoms with Gasteiger partial charge in [-0.05, 0) is 50.2 Å². The van der Waals surface area contributed by atoms with Gasteiger partial charge < -0.3 is 14.2 Å². The van der Waals surface area contributed by atoms with Gasteiger partial charge in [-0.2, -0.15) is 0 Å². The van der Waals surface area contributed by atoms with Crippen LogP contribution in [-0.4, -0.2) is 18.6 Å². The fraction of sp³-hybridized carbons (Fsp3) is 0.364. The van der Waals surface area contributed by atoms with Crippen LogP contribution in [0.15, 0.2) is 27.2 Å². The molecule has 0 unspecified atom stereocenters. The van der Waals surface area contributed by atoms with Crippen LogP contribution >= 0.6 is 11.6 Å². The molecule has 0 atom stereocenters. The number of rotatable bonds is 5. The molecule has 16 heavy (non-hydrogen) atoms. The van der Waals surface area contributed by atoms with Crippen molar-refractivity contribution in [2.75, 3.05) is 13.6 Å². The SMILES string of the molecule is CNCCCc1coc(-c2ccc(Cl)o2)n1. The van der Waals surface area contributed by atoms with E-state index in [0.29, 0.717) is 16.9 Å². The molecule has 0 spiro atoms. The number of nitrogens with zero attached hydrogens (tertiary/aromatic N) is 1. The van der Waals surface area contributed by atoms with Gasteiger partial charge in [0.1, 0.15) is 6.26 Å². The van der Waals surface area contributed by atoms with Crippen LogP contribution in [-0.2, 0) is 6.42 Å². The van der Waals surface area contributed by atoms with E-state index in [1.54, 1.807) is 18.4 Å². The maximum Gasteiger partial charge on any atom is 0.263 e. The van der Waals surface area contributed by atoms with Crippen molar-refractivity contribution < 1.29 is 8.83 Å². The topological polar surface area (TPSA) is 51.2 Å². The number of furan rings is 1. The van der Waals surface area contributed by atoms with Gasteiger partial charge >= 0.3 is 0 Å². The molecular weight excluding hydrogens is 228 g/mol. The summed E-state index contributed by atoms with van der Waals surface area (Å²) in [6.07, 6.45) is 3.57. The fourth-order valence-corrected chi connectivity index (χ4v) is 1.56. The summed E-state index contributed by atoms with van der Waals surface area (Å²) in [4.78, 5) is 4.32. The standard InChI is InChI=1S/C11H13ClN2O2/c1-13-6-2-3-8-7-15-11(14-8)9-4-5-10(12)16-9/h4-5,7,13H,2-3,6H2,1H3. The molecule has 0 bridgehead atoms. The highest BCUT2D eigenvalue weighted by atomic mass is 35.5. The Morgan fingerprint density at radius 1 is 1.44 bits per heavy atom. The largest absolute Gasteiger partial charge is 0.442 e. The Bertz CT molecular complexity index is 450. The minimum absolute atomic E-state index is 0.338. The van der Waals surface area contributed by atoms with Crippen molar-refractivity contribution in [3.63, 3.8) is 0 Å². The molecule has 2 aromatic heterocycles. The van der Waals surface area contributed by atoms with E-state index in [-0.39, 0.29) is 0 Å². The number of oxazole rings is 1. The average molecular weight is 241 g/mol.